The van der Waals surface area contributed by atoms with E-state index in [1.807, 2.05) is 6.07 Å². The van der Waals surface area contributed by atoms with Gasteiger partial charge < -0.3 is 28.8 Å². The van der Waals surface area contributed by atoms with Crippen LogP contribution in [0.1, 0.15) is 21.5 Å². The molecule has 0 saturated carbocycles. The second-order valence-corrected chi connectivity index (χ2v) is 6.78. The van der Waals surface area contributed by atoms with Crippen molar-refractivity contribution in [3.63, 3.8) is 0 Å². The van der Waals surface area contributed by atoms with Crippen molar-refractivity contribution in [1.82, 2.24) is 4.90 Å². The summed E-state index contributed by atoms with van der Waals surface area (Å²) in [4.78, 5) is 26.9. The van der Waals surface area contributed by atoms with Crippen LogP contribution in [0.4, 0.5) is 0 Å². The van der Waals surface area contributed by atoms with Gasteiger partial charge in [-0.3, -0.25) is 9.69 Å². The summed E-state index contributed by atoms with van der Waals surface area (Å²) in [6, 6.07) is 8.46. The van der Waals surface area contributed by atoms with Gasteiger partial charge in [-0.15, -0.1) is 0 Å². The number of carbonyl (C=O) groups excluding carboxylic acids is 2. The molecule has 1 amide bonds. The van der Waals surface area contributed by atoms with Crippen LogP contribution in [0.15, 0.2) is 30.3 Å². The Labute approximate surface area is 172 Å². The summed E-state index contributed by atoms with van der Waals surface area (Å²) in [6.07, 6.45) is 0.356. The van der Waals surface area contributed by atoms with Crippen molar-refractivity contribution in [2.75, 3.05) is 34.7 Å². The predicted molar refractivity (Wildman–Crippen MR) is 103 cm³/mol. The maximum absolute atomic E-state index is 13.1. The molecular weight excluding hydrogens is 394 g/mol. The number of rotatable bonds is 6. The van der Waals surface area contributed by atoms with Crippen molar-refractivity contribution in [2.24, 2.45) is 0 Å². The zero-order valence-electron chi connectivity index (χ0n) is 16.8. The minimum absolute atomic E-state index is 0.00638. The van der Waals surface area contributed by atoms with E-state index in [1.165, 1.54) is 20.3 Å². The number of benzene rings is 2. The molecule has 1 unspecified atom stereocenters. The number of hydrogen-bond acceptors (Lipinski definition) is 8. The molecule has 1 N–H and O–H groups in total. The molecule has 2 aromatic rings. The molecule has 9 nitrogen and oxygen atoms in total. The highest BCUT2D eigenvalue weighted by Crippen LogP contribution is 2.47. The number of amides is 1. The number of hydrogen-bond donors (Lipinski definition) is 1. The molecule has 2 aromatic carbocycles. The third-order valence-corrected chi connectivity index (χ3v) is 5.29. The van der Waals surface area contributed by atoms with Gasteiger partial charge in [0.05, 0.1) is 32.5 Å². The van der Waals surface area contributed by atoms with Gasteiger partial charge in [0.2, 0.25) is 6.79 Å². The predicted octanol–water partition coefficient (Wildman–Crippen LogP) is 1.45. The number of methoxy groups -OCH3 is 3. The summed E-state index contributed by atoms with van der Waals surface area (Å²) in [7, 11) is 3.94. The number of nitrogens with zero attached hydrogens (tertiary/aromatic N) is 1. The van der Waals surface area contributed by atoms with Crippen LogP contribution in [0, 0.1) is 0 Å². The van der Waals surface area contributed by atoms with Gasteiger partial charge in [0.25, 0.3) is 11.6 Å². The number of fused-ring (bicyclic) bond motifs is 2. The molecule has 0 fully saturated rings. The second kappa shape index (κ2) is 7.42. The Morgan fingerprint density at radius 1 is 1.13 bits per heavy atom. The molecule has 2 aliphatic rings. The van der Waals surface area contributed by atoms with Crippen LogP contribution < -0.4 is 18.9 Å². The maximum Gasteiger partial charge on any atom is 0.364 e. The van der Waals surface area contributed by atoms with Crippen molar-refractivity contribution < 1.29 is 38.4 Å². The second-order valence-electron chi connectivity index (χ2n) is 6.78. The highest BCUT2D eigenvalue weighted by molar-refractivity contribution is 6.06. The van der Waals surface area contributed by atoms with Gasteiger partial charge in [-0.25, -0.2) is 4.79 Å². The van der Waals surface area contributed by atoms with E-state index in [0.717, 1.165) is 17.6 Å². The Morgan fingerprint density at radius 3 is 2.60 bits per heavy atom. The quantitative estimate of drug-likeness (QED) is 0.707. The van der Waals surface area contributed by atoms with Crippen LogP contribution in [0.25, 0.3) is 0 Å². The summed E-state index contributed by atoms with van der Waals surface area (Å²) in [5, 5.41) is 11.5. The number of carbonyl (C=O) groups is 2. The normalized spacial score (nSPS) is 18.9. The molecule has 0 radical (unpaired) electrons. The van der Waals surface area contributed by atoms with Crippen LogP contribution in [0.5, 0.6) is 23.0 Å². The van der Waals surface area contributed by atoms with Crippen LogP contribution in [-0.2, 0) is 21.7 Å². The largest absolute Gasteiger partial charge is 0.493 e. The van der Waals surface area contributed by atoms with Gasteiger partial charge >= 0.3 is 5.97 Å². The highest BCUT2D eigenvalue weighted by Gasteiger charge is 2.57. The molecule has 158 valence electrons. The molecule has 0 bridgehead atoms. The smallest absolute Gasteiger partial charge is 0.364 e. The average molecular weight is 415 g/mol. The monoisotopic (exact) mass is 415 g/mol. The lowest BCUT2D eigenvalue weighted by Gasteiger charge is -2.32. The van der Waals surface area contributed by atoms with E-state index in [-0.39, 0.29) is 36.0 Å². The molecule has 0 spiro atoms. The van der Waals surface area contributed by atoms with Gasteiger partial charge in [-0.2, -0.15) is 0 Å². The molecule has 2 aliphatic heterocycles. The number of esters is 1. The Balaban J connectivity index is 1.72. The standard InChI is InChI=1S/C21H21NO8/c1-26-15-7-5-13-17(18(15)27-2)21(25,20(24)28-3)22(19(13)23)9-8-12-4-6-14-16(10-12)30-11-29-14/h4-7,10,25H,8-9,11H2,1-3H3. The highest BCUT2D eigenvalue weighted by atomic mass is 16.7. The van der Waals surface area contributed by atoms with E-state index in [4.69, 9.17) is 23.7 Å². The van der Waals surface area contributed by atoms with Crippen molar-refractivity contribution in [1.29, 1.82) is 0 Å². The van der Waals surface area contributed by atoms with Crippen molar-refractivity contribution in [2.45, 2.75) is 12.1 Å². The lowest BCUT2D eigenvalue weighted by atomic mass is 9.99. The lowest BCUT2D eigenvalue weighted by molar-refractivity contribution is -0.181. The molecule has 1 atom stereocenters. The van der Waals surface area contributed by atoms with E-state index in [1.54, 1.807) is 18.2 Å². The molecule has 30 heavy (non-hydrogen) atoms. The third-order valence-electron chi connectivity index (χ3n) is 5.29. The van der Waals surface area contributed by atoms with Crippen LogP contribution in [0.3, 0.4) is 0 Å². The lowest BCUT2D eigenvalue weighted by Crippen LogP contribution is -2.51. The minimum Gasteiger partial charge on any atom is -0.493 e. The van der Waals surface area contributed by atoms with Gasteiger partial charge in [0.15, 0.2) is 23.0 Å². The Bertz CT molecular complexity index is 1020. The Hall–Kier alpha value is -3.46. The van der Waals surface area contributed by atoms with Crippen molar-refractivity contribution in [3.8, 4) is 23.0 Å². The maximum atomic E-state index is 13.1. The SMILES string of the molecule is COC(=O)C1(O)c2c(ccc(OC)c2OC)C(=O)N1CCc1ccc2c(c1)OCO2. The summed E-state index contributed by atoms with van der Waals surface area (Å²) in [5.74, 6) is 0.127. The number of aliphatic hydroxyl groups is 1. The molecule has 0 aromatic heterocycles. The van der Waals surface area contributed by atoms with Crippen LogP contribution >= 0.6 is 0 Å². The Morgan fingerprint density at radius 2 is 1.90 bits per heavy atom. The molecule has 2 heterocycles. The molecule has 0 saturated heterocycles. The Kier molecular flexibility index (Phi) is 4.90. The first-order chi connectivity index (χ1) is 14.4. The molecular formula is C21H21NO8. The zero-order valence-corrected chi connectivity index (χ0v) is 16.8. The zero-order chi connectivity index (χ0) is 21.5. The van der Waals surface area contributed by atoms with Crippen molar-refractivity contribution in [3.05, 3.63) is 47.0 Å². The molecule has 4 rings (SSSR count). The third kappa shape index (κ3) is 2.81. The average Bonchev–Trinajstić information content (AvgIpc) is 3.32. The first-order valence-corrected chi connectivity index (χ1v) is 9.22. The summed E-state index contributed by atoms with van der Waals surface area (Å²) in [5.41, 5.74) is -1.35. The van der Waals surface area contributed by atoms with E-state index >= 15 is 0 Å². The van der Waals surface area contributed by atoms with Gasteiger partial charge in [-0.05, 0) is 36.2 Å². The van der Waals surface area contributed by atoms with E-state index in [0.29, 0.717) is 17.9 Å². The van der Waals surface area contributed by atoms with E-state index in [9.17, 15) is 14.7 Å². The summed E-state index contributed by atoms with van der Waals surface area (Å²) >= 11 is 0. The van der Waals surface area contributed by atoms with Crippen molar-refractivity contribution >= 4 is 11.9 Å². The van der Waals surface area contributed by atoms with Gasteiger partial charge in [0.1, 0.15) is 0 Å². The summed E-state index contributed by atoms with van der Waals surface area (Å²) in [6.45, 7) is 0.201. The van der Waals surface area contributed by atoms with E-state index in [2.05, 4.69) is 0 Å². The van der Waals surface area contributed by atoms with Gasteiger partial charge in [-0.1, -0.05) is 6.07 Å². The topological polar surface area (TPSA) is 104 Å². The first kappa shape index (κ1) is 19.8. The summed E-state index contributed by atoms with van der Waals surface area (Å²) < 4.78 is 26.2. The fraction of sp³-hybridized carbons (Fsp3) is 0.333. The molecule has 0 aliphatic carbocycles. The first-order valence-electron chi connectivity index (χ1n) is 9.22. The fourth-order valence-corrected chi connectivity index (χ4v) is 3.83. The van der Waals surface area contributed by atoms with Crippen LogP contribution in [-0.4, -0.2) is 56.6 Å². The number of ether oxygens (including phenoxy) is 5. The molecule has 9 heteroatoms. The minimum atomic E-state index is -2.35. The van der Waals surface area contributed by atoms with Gasteiger partial charge in [0, 0.05) is 6.54 Å². The van der Waals surface area contributed by atoms with E-state index < -0.39 is 17.6 Å². The fourth-order valence-electron chi connectivity index (χ4n) is 3.83. The van der Waals surface area contributed by atoms with Crippen LogP contribution in [0.2, 0.25) is 0 Å².